The highest BCUT2D eigenvalue weighted by Crippen LogP contribution is 2.48. The van der Waals surface area contributed by atoms with Crippen molar-refractivity contribution >= 4 is 23.8 Å². The Morgan fingerprint density at radius 3 is 2.00 bits per heavy atom. The van der Waals surface area contributed by atoms with Crippen LogP contribution in [0.25, 0.3) is 0 Å². The van der Waals surface area contributed by atoms with Gasteiger partial charge in [-0.1, -0.05) is 60.7 Å². The molecule has 0 unspecified atom stereocenters. The molecular weight excluding hydrogens is 333 g/mol. The molecule has 2 aromatic carbocycles. The number of hydrogen-bond acceptors (Lipinski definition) is 3. The van der Waals surface area contributed by atoms with Crippen molar-refractivity contribution in [1.29, 1.82) is 5.26 Å². The van der Waals surface area contributed by atoms with E-state index < -0.39 is 7.21 Å². The second-order valence-electron chi connectivity index (χ2n) is 5.53. The van der Waals surface area contributed by atoms with Gasteiger partial charge >= 0.3 is 0 Å². The van der Waals surface area contributed by atoms with E-state index in [0.717, 1.165) is 10.6 Å². The first-order valence-corrected chi connectivity index (χ1v) is 9.76. The van der Waals surface area contributed by atoms with E-state index in [-0.39, 0.29) is 0 Å². The molecule has 0 spiro atoms. The molecule has 1 aliphatic rings. The zero-order chi connectivity index (χ0) is 17.5. The van der Waals surface area contributed by atoms with Crippen molar-refractivity contribution in [2.75, 3.05) is 26.3 Å². The SMILES string of the molecule is N#CN=P(N=C(N)N1CCOCC1)(c1ccccc1)c1ccccc1. The lowest BCUT2D eigenvalue weighted by molar-refractivity contribution is 0.0676. The first-order chi connectivity index (χ1) is 12.3. The average Bonchev–Trinajstić information content (AvgIpc) is 2.69. The molecule has 25 heavy (non-hydrogen) atoms. The molecule has 2 aromatic rings. The van der Waals surface area contributed by atoms with Crippen molar-refractivity contribution in [2.45, 2.75) is 0 Å². The summed E-state index contributed by atoms with van der Waals surface area (Å²) in [7, 11) is -2.68. The van der Waals surface area contributed by atoms with Gasteiger partial charge in [0.15, 0.2) is 13.2 Å². The predicted molar refractivity (Wildman–Crippen MR) is 101 cm³/mol. The van der Waals surface area contributed by atoms with E-state index in [1.54, 1.807) is 0 Å². The summed E-state index contributed by atoms with van der Waals surface area (Å²) in [6.45, 7) is 2.61. The number of rotatable bonds is 3. The van der Waals surface area contributed by atoms with E-state index in [4.69, 9.17) is 15.2 Å². The highest BCUT2D eigenvalue weighted by Gasteiger charge is 2.26. The molecule has 0 aliphatic carbocycles. The van der Waals surface area contributed by atoms with Crippen molar-refractivity contribution in [3.8, 4) is 6.19 Å². The summed E-state index contributed by atoms with van der Waals surface area (Å²) in [4.78, 5) is 1.98. The lowest BCUT2D eigenvalue weighted by Crippen LogP contribution is -2.45. The van der Waals surface area contributed by atoms with Gasteiger partial charge in [-0.25, -0.2) is 4.76 Å². The van der Waals surface area contributed by atoms with Crippen molar-refractivity contribution in [2.24, 2.45) is 15.2 Å². The molecule has 1 saturated heterocycles. The van der Waals surface area contributed by atoms with Crippen LogP contribution in [0.1, 0.15) is 0 Å². The Labute approximate surface area is 147 Å². The molecule has 1 aliphatic heterocycles. The monoisotopic (exact) mass is 353 g/mol. The first kappa shape index (κ1) is 17.2. The van der Waals surface area contributed by atoms with Crippen LogP contribution in [0, 0.1) is 11.5 Å². The largest absolute Gasteiger partial charge is 0.378 e. The van der Waals surface area contributed by atoms with Crippen LogP contribution in [0.3, 0.4) is 0 Å². The summed E-state index contributed by atoms with van der Waals surface area (Å²) >= 11 is 0. The lowest BCUT2D eigenvalue weighted by atomic mass is 10.4. The molecule has 1 heterocycles. The summed E-state index contributed by atoms with van der Waals surface area (Å²) in [5.74, 6) is 0.406. The summed E-state index contributed by atoms with van der Waals surface area (Å²) in [6.07, 6.45) is 1.98. The molecule has 128 valence electrons. The Morgan fingerprint density at radius 2 is 1.52 bits per heavy atom. The summed E-state index contributed by atoms with van der Waals surface area (Å²) in [5, 5.41) is 11.2. The minimum absolute atomic E-state index is 0.406. The standard InChI is InChI=1S/C18H20N5OP/c19-15-21-25(16-7-3-1-4-8-16,17-9-5-2-6-10-17)22-18(20)23-11-13-24-14-12-23/h1-10H,11-14H2,(H2,20,22). The summed E-state index contributed by atoms with van der Waals surface area (Å²) in [5.41, 5.74) is 6.32. The van der Waals surface area contributed by atoms with Gasteiger partial charge in [0.1, 0.15) is 0 Å². The number of ether oxygens (including phenoxy) is 1. The average molecular weight is 353 g/mol. The number of hydrogen-bond donors (Lipinski definition) is 1. The third-order valence-corrected chi connectivity index (χ3v) is 6.91. The molecule has 0 atom stereocenters. The minimum Gasteiger partial charge on any atom is -0.378 e. The van der Waals surface area contributed by atoms with Crippen LogP contribution in [0.15, 0.2) is 70.2 Å². The van der Waals surface area contributed by atoms with Crippen molar-refractivity contribution < 1.29 is 4.74 Å². The zero-order valence-corrected chi connectivity index (χ0v) is 14.7. The van der Waals surface area contributed by atoms with Gasteiger partial charge in [-0.05, 0) is 0 Å². The van der Waals surface area contributed by atoms with Gasteiger partial charge in [-0.3, -0.25) is 0 Å². The minimum atomic E-state index is -2.68. The fourth-order valence-electron chi connectivity index (χ4n) is 2.74. The second-order valence-corrected chi connectivity index (χ2v) is 8.17. The number of benzene rings is 2. The Balaban J connectivity index is 2.18. The normalized spacial score (nSPS) is 15.5. The highest BCUT2D eigenvalue weighted by molar-refractivity contribution is 7.79. The fourth-order valence-corrected chi connectivity index (χ4v) is 5.28. The number of nitriles is 1. The first-order valence-electron chi connectivity index (χ1n) is 8.06. The zero-order valence-electron chi connectivity index (χ0n) is 13.8. The van der Waals surface area contributed by atoms with Gasteiger partial charge < -0.3 is 15.4 Å². The Bertz CT molecular complexity index is 780. The number of nitrogens with two attached hydrogens (primary N) is 1. The Kier molecular flexibility index (Phi) is 5.49. The molecule has 2 N–H and O–H groups in total. The van der Waals surface area contributed by atoms with Crippen LogP contribution in [0.2, 0.25) is 0 Å². The predicted octanol–water partition coefficient (Wildman–Crippen LogP) is 1.88. The van der Waals surface area contributed by atoms with Crippen LogP contribution in [0.5, 0.6) is 0 Å². The van der Waals surface area contributed by atoms with Crippen molar-refractivity contribution in [3.05, 3.63) is 60.7 Å². The van der Waals surface area contributed by atoms with E-state index in [0.29, 0.717) is 32.3 Å². The Morgan fingerprint density at radius 1 is 1.00 bits per heavy atom. The van der Waals surface area contributed by atoms with Gasteiger partial charge in [0.2, 0.25) is 6.19 Å². The molecular formula is C18H20N5OP. The quantitative estimate of drug-likeness (QED) is 0.395. The topological polar surface area (TPSA) is 87.0 Å². The molecule has 3 rings (SSSR count). The summed E-state index contributed by atoms with van der Waals surface area (Å²) < 4.78 is 14.5. The van der Waals surface area contributed by atoms with Gasteiger partial charge in [0.05, 0.1) is 13.2 Å². The van der Waals surface area contributed by atoms with E-state index in [9.17, 15) is 5.26 Å². The van der Waals surface area contributed by atoms with Crippen LogP contribution >= 0.6 is 7.21 Å². The van der Waals surface area contributed by atoms with Gasteiger partial charge in [-0.2, -0.15) is 10.0 Å². The molecule has 0 radical (unpaired) electrons. The summed E-state index contributed by atoms with van der Waals surface area (Å²) in [6, 6.07) is 19.4. The third kappa shape index (κ3) is 3.74. The lowest BCUT2D eigenvalue weighted by Gasteiger charge is -2.29. The maximum atomic E-state index is 9.42. The molecule has 7 heteroatoms. The second kappa shape index (κ2) is 7.98. The van der Waals surface area contributed by atoms with Crippen LogP contribution < -0.4 is 16.3 Å². The van der Waals surface area contributed by atoms with E-state index in [2.05, 4.69) is 4.74 Å². The third-order valence-electron chi connectivity index (χ3n) is 4.00. The van der Waals surface area contributed by atoms with Gasteiger partial charge in [0, 0.05) is 23.7 Å². The number of guanidine groups is 1. The fraction of sp³-hybridized carbons (Fsp3) is 0.222. The molecule has 0 bridgehead atoms. The smallest absolute Gasteiger partial charge is 0.206 e. The van der Waals surface area contributed by atoms with E-state index in [1.807, 2.05) is 71.8 Å². The van der Waals surface area contributed by atoms with Crippen LogP contribution in [-0.2, 0) is 4.74 Å². The molecule has 0 saturated carbocycles. The highest BCUT2D eigenvalue weighted by atomic mass is 31.2. The van der Waals surface area contributed by atoms with E-state index in [1.165, 1.54) is 0 Å². The van der Waals surface area contributed by atoms with Crippen LogP contribution in [-0.4, -0.2) is 37.2 Å². The molecule has 0 amide bonds. The maximum absolute atomic E-state index is 9.42. The Hall–Kier alpha value is -2.61. The van der Waals surface area contributed by atoms with Crippen LogP contribution in [0.4, 0.5) is 0 Å². The van der Waals surface area contributed by atoms with Crippen molar-refractivity contribution in [3.63, 3.8) is 0 Å². The van der Waals surface area contributed by atoms with Gasteiger partial charge in [-0.15, -0.1) is 0 Å². The van der Waals surface area contributed by atoms with E-state index >= 15 is 0 Å². The molecule has 6 nitrogen and oxygen atoms in total. The molecule has 1 fully saturated rings. The maximum Gasteiger partial charge on any atom is 0.206 e. The molecule has 0 aromatic heterocycles. The van der Waals surface area contributed by atoms with Crippen molar-refractivity contribution in [1.82, 2.24) is 4.90 Å². The number of morpholine rings is 1. The van der Waals surface area contributed by atoms with Gasteiger partial charge in [0.25, 0.3) is 0 Å². The number of nitrogens with zero attached hydrogens (tertiary/aromatic N) is 4.